The summed E-state index contributed by atoms with van der Waals surface area (Å²) < 4.78 is 6.91. The summed E-state index contributed by atoms with van der Waals surface area (Å²) in [5.41, 5.74) is 0.309. The minimum absolute atomic E-state index is 0.0739. The van der Waals surface area contributed by atoms with Crippen LogP contribution < -0.4 is 10.1 Å². The summed E-state index contributed by atoms with van der Waals surface area (Å²) >= 11 is 0. The van der Waals surface area contributed by atoms with Crippen LogP contribution in [0.5, 0.6) is 11.5 Å². The van der Waals surface area contributed by atoms with Gasteiger partial charge in [0.25, 0.3) is 0 Å². The number of imidazole rings is 1. The van der Waals surface area contributed by atoms with Crippen molar-refractivity contribution < 1.29 is 14.9 Å². The van der Waals surface area contributed by atoms with Gasteiger partial charge in [-0.1, -0.05) is 6.07 Å². The predicted octanol–water partition coefficient (Wildman–Crippen LogP) is 2.20. The molecular weight excluding hydrogens is 334 g/mol. The van der Waals surface area contributed by atoms with Crippen molar-refractivity contribution >= 4 is 5.82 Å². The lowest BCUT2D eigenvalue weighted by Gasteiger charge is -2.14. The maximum Gasteiger partial charge on any atom is 0.166 e. The lowest BCUT2D eigenvalue weighted by molar-refractivity contribution is 0.0698. The molecule has 0 radical (unpaired) electrons. The molecular formula is C18H23N5O3. The summed E-state index contributed by atoms with van der Waals surface area (Å²) in [7, 11) is 1.51. The minimum Gasteiger partial charge on any atom is -0.504 e. The number of nitrogens with zero attached hydrogens (tertiary/aromatic N) is 4. The number of phenols is 1. The Kier molecular flexibility index (Phi) is 4.69. The minimum atomic E-state index is -1.15. The van der Waals surface area contributed by atoms with E-state index in [1.165, 1.54) is 7.11 Å². The number of anilines is 1. The van der Waals surface area contributed by atoms with Crippen molar-refractivity contribution in [1.29, 1.82) is 0 Å². The van der Waals surface area contributed by atoms with Gasteiger partial charge in [0.15, 0.2) is 34.7 Å². The van der Waals surface area contributed by atoms with E-state index in [0.29, 0.717) is 42.0 Å². The molecule has 0 saturated heterocycles. The number of aromatic nitrogens is 4. The Balaban J connectivity index is 2.04. The zero-order valence-electron chi connectivity index (χ0n) is 15.3. The van der Waals surface area contributed by atoms with Crippen LogP contribution in [0.2, 0.25) is 0 Å². The van der Waals surface area contributed by atoms with Crippen molar-refractivity contribution in [2.24, 2.45) is 0 Å². The van der Waals surface area contributed by atoms with Crippen molar-refractivity contribution in [2.45, 2.75) is 32.9 Å². The highest BCUT2D eigenvalue weighted by atomic mass is 16.5. The third kappa shape index (κ3) is 3.41. The zero-order chi connectivity index (χ0) is 18.9. The summed E-state index contributed by atoms with van der Waals surface area (Å²) in [4.78, 5) is 13.4. The molecule has 0 amide bonds. The Hall–Kier alpha value is -2.87. The fraction of sp³-hybridized carbons (Fsp3) is 0.389. The van der Waals surface area contributed by atoms with Crippen LogP contribution in [0.15, 0.2) is 24.5 Å². The second kappa shape index (κ2) is 6.80. The van der Waals surface area contributed by atoms with E-state index in [0.717, 1.165) is 5.56 Å². The number of fused-ring (bicyclic) bond motifs is 1. The number of ether oxygens (including phenoxy) is 1. The fourth-order valence-electron chi connectivity index (χ4n) is 2.65. The molecule has 1 aromatic rings. The highest BCUT2D eigenvalue weighted by Gasteiger charge is 2.27. The highest BCUT2D eigenvalue weighted by Crippen LogP contribution is 2.31. The van der Waals surface area contributed by atoms with Crippen molar-refractivity contribution in [1.82, 2.24) is 19.5 Å². The van der Waals surface area contributed by atoms with Gasteiger partial charge in [0.05, 0.1) is 20.0 Å². The molecule has 1 aromatic carbocycles. The van der Waals surface area contributed by atoms with E-state index in [2.05, 4.69) is 20.3 Å². The third-order valence-corrected chi connectivity index (χ3v) is 3.95. The molecule has 8 nitrogen and oxygen atoms in total. The van der Waals surface area contributed by atoms with Gasteiger partial charge in [-0.15, -0.1) is 0 Å². The molecule has 8 heteroatoms. The molecule has 0 aliphatic carbocycles. The highest BCUT2D eigenvalue weighted by molar-refractivity contribution is 5.67. The number of aromatic hydroxyl groups is 1. The number of methoxy groups -OCH3 is 1. The predicted molar refractivity (Wildman–Crippen MR) is 97.6 cm³/mol. The smallest absolute Gasteiger partial charge is 0.166 e. The molecule has 0 saturated carbocycles. The summed E-state index contributed by atoms with van der Waals surface area (Å²) in [6.07, 6.45) is 1.67. The van der Waals surface area contributed by atoms with Crippen molar-refractivity contribution in [3.63, 3.8) is 0 Å². The topological polar surface area (TPSA) is 105 Å². The molecule has 138 valence electrons. The normalized spacial score (nSPS) is 11.7. The molecule has 26 heavy (non-hydrogen) atoms. The molecule has 0 unspecified atom stereocenters. The Morgan fingerprint density at radius 2 is 2.04 bits per heavy atom. The van der Waals surface area contributed by atoms with E-state index >= 15 is 0 Å². The van der Waals surface area contributed by atoms with Gasteiger partial charge < -0.3 is 24.8 Å². The Morgan fingerprint density at radius 3 is 2.65 bits per heavy atom. The third-order valence-electron chi connectivity index (χ3n) is 3.95. The van der Waals surface area contributed by atoms with E-state index < -0.39 is 5.60 Å². The van der Waals surface area contributed by atoms with Gasteiger partial charge in [-0.2, -0.15) is 0 Å². The fourth-order valence-corrected chi connectivity index (χ4v) is 2.65. The number of hydrogen-bond acceptors (Lipinski definition) is 7. The van der Waals surface area contributed by atoms with Crippen molar-refractivity contribution in [2.75, 3.05) is 19.0 Å². The first-order chi connectivity index (χ1) is 12.3. The van der Waals surface area contributed by atoms with E-state index in [4.69, 9.17) is 4.74 Å². The number of nitrogens with one attached hydrogen (secondary N) is 1. The second-order valence-electron chi connectivity index (χ2n) is 6.54. The van der Waals surface area contributed by atoms with Crippen LogP contribution in [0.1, 0.15) is 32.2 Å². The number of aliphatic hydroxyl groups is 1. The molecule has 0 fully saturated rings. The van der Waals surface area contributed by atoms with Gasteiger partial charge in [0.2, 0.25) is 0 Å². The lowest BCUT2D eigenvalue weighted by Crippen LogP contribution is -2.17. The first-order valence-electron chi connectivity index (χ1n) is 8.39. The zero-order valence-corrected chi connectivity index (χ0v) is 15.3. The SMILES string of the molecule is CCNc1ncn(Cc2ccc(OC)c(O)c2)c2nc(C(C)(C)O)nc1-2. The molecule has 3 rings (SSSR count). The summed E-state index contributed by atoms with van der Waals surface area (Å²) in [6.45, 7) is 6.41. The maximum atomic E-state index is 10.3. The number of rotatable bonds is 6. The molecule has 3 N–H and O–H groups in total. The molecule has 0 spiro atoms. The summed E-state index contributed by atoms with van der Waals surface area (Å²) in [6, 6.07) is 5.22. The first-order valence-corrected chi connectivity index (χ1v) is 8.39. The van der Waals surface area contributed by atoms with Gasteiger partial charge in [-0.25, -0.2) is 15.0 Å². The Morgan fingerprint density at radius 1 is 1.27 bits per heavy atom. The maximum absolute atomic E-state index is 10.3. The van der Waals surface area contributed by atoms with Crippen molar-refractivity contribution in [3.8, 4) is 23.0 Å². The van der Waals surface area contributed by atoms with E-state index in [9.17, 15) is 10.2 Å². The van der Waals surface area contributed by atoms with E-state index in [1.807, 2.05) is 17.6 Å². The number of phenolic OH excluding ortho intramolecular Hbond substituents is 1. The average Bonchev–Trinajstić information content (AvgIpc) is 3.04. The Labute approximate surface area is 151 Å². The molecule has 2 aliphatic heterocycles. The first kappa shape index (κ1) is 17.9. The van der Waals surface area contributed by atoms with Crippen LogP contribution in [0, 0.1) is 0 Å². The molecule has 0 bridgehead atoms. The van der Waals surface area contributed by atoms with E-state index in [1.54, 1.807) is 32.3 Å². The van der Waals surface area contributed by atoms with Crippen LogP contribution >= 0.6 is 0 Å². The number of hydrogen-bond donors (Lipinski definition) is 3. The standard InChI is InChI=1S/C18H23N5O3/c1-5-19-15-14-16(22-17(21-14)18(2,3)25)23(10-20-15)9-11-6-7-13(26-4)12(24)8-11/h6-8,10,19,24-25H,5,9H2,1-4H3. The largest absolute Gasteiger partial charge is 0.504 e. The summed E-state index contributed by atoms with van der Waals surface area (Å²) in [5.74, 6) is 2.07. The molecule has 2 heterocycles. The second-order valence-corrected chi connectivity index (χ2v) is 6.54. The molecule has 0 atom stereocenters. The van der Waals surface area contributed by atoms with Crippen LogP contribution in [0.4, 0.5) is 5.82 Å². The van der Waals surface area contributed by atoms with Crippen LogP contribution in [-0.4, -0.2) is 43.4 Å². The average molecular weight is 357 g/mol. The summed E-state index contributed by atoms with van der Waals surface area (Å²) in [5, 5.41) is 23.4. The number of benzene rings is 1. The van der Waals surface area contributed by atoms with Gasteiger partial charge in [0, 0.05) is 6.54 Å². The van der Waals surface area contributed by atoms with E-state index in [-0.39, 0.29) is 5.75 Å². The van der Waals surface area contributed by atoms with Crippen LogP contribution in [0.3, 0.4) is 0 Å². The monoisotopic (exact) mass is 357 g/mol. The van der Waals surface area contributed by atoms with Gasteiger partial charge in [-0.3, -0.25) is 0 Å². The molecule has 2 aliphatic rings. The van der Waals surface area contributed by atoms with Gasteiger partial charge in [-0.05, 0) is 38.5 Å². The van der Waals surface area contributed by atoms with Gasteiger partial charge >= 0.3 is 0 Å². The lowest BCUT2D eigenvalue weighted by atomic mass is 10.1. The quantitative estimate of drug-likeness (QED) is 0.621. The van der Waals surface area contributed by atoms with Crippen LogP contribution in [-0.2, 0) is 12.1 Å². The Bertz CT molecular complexity index is 885. The van der Waals surface area contributed by atoms with Crippen molar-refractivity contribution in [3.05, 3.63) is 35.9 Å². The van der Waals surface area contributed by atoms with Crippen LogP contribution in [0.25, 0.3) is 11.5 Å². The molecule has 0 aromatic heterocycles. The van der Waals surface area contributed by atoms with Gasteiger partial charge in [0.1, 0.15) is 5.60 Å².